The molecule has 1 heterocycles. The lowest BCUT2D eigenvalue weighted by molar-refractivity contribution is 0.546. The molecule has 1 aliphatic heterocycles. The fraction of sp³-hybridized carbons (Fsp3) is 1.00. The van der Waals surface area contributed by atoms with Gasteiger partial charge in [0.15, 0.2) is 0 Å². The average molecular weight is 184 g/mol. The molecule has 0 aromatic heterocycles. The van der Waals surface area contributed by atoms with Crippen molar-refractivity contribution in [3.8, 4) is 0 Å². The monoisotopic (exact) mass is 184 g/mol. The zero-order valence-electron chi connectivity index (χ0n) is 8.78. The minimum atomic E-state index is 1.00. The van der Waals surface area contributed by atoms with E-state index in [1.54, 1.807) is 0 Å². The van der Waals surface area contributed by atoms with Crippen molar-refractivity contribution in [1.82, 2.24) is 10.6 Å². The van der Waals surface area contributed by atoms with Gasteiger partial charge in [0.2, 0.25) is 0 Å². The summed E-state index contributed by atoms with van der Waals surface area (Å²) in [6.07, 6.45) is 11.3. The Morgan fingerprint density at radius 3 is 1.31 bits per heavy atom. The third-order valence-electron chi connectivity index (χ3n) is 2.71. The molecule has 0 aromatic rings. The molecule has 1 saturated heterocycles. The number of nitrogens with one attached hydrogen (secondary N) is 2. The van der Waals surface area contributed by atoms with Gasteiger partial charge in [0.1, 0.15) is 0 Å². The third kappa shape index (κ3) is 7.03. The molecule has 1 rings (SSSR count). The van der Waals surface area contributed by atoms with Crippen LogP contribution in [0.3, 0.4) is 0 Å². The van der Waals surface area contributed by atoms with Gasteiger partial charge in [-0.1, -0.05) is 38.5 Å². The van der Waals surface area contributed by atoms with E-state index in [0.717, 1.165) is 6.67 Å². The van der Waals surface area contributed by atoms with E-state index >= 15 is 0 Å². The lowest BCUT2D eigenvalue weighted by Gasteiger charge is -2.05. The van der Waals surface area contributed by atoms with Crippen LogP contribution in [-0.4, -0.2) is 19.8 Å². The maximum atomic E-state index is 3.41. The fourth-order valence-corrected chi connectivity index (χ4v) is 1.83. The van der Waals surface area contributed by atoms with Crippen LogP contribution in [0.4, 0.5) is 0 Å². The van der Waals surface area contributed by atoms with Crippen molar-refractivity contribution in [3.63, 3.8) is 0 Å². The summed E-state index contributed by atoms with van der Waals surface area (Å²) in [6, 6.07) is 0. The van der Waals surface area contributed by atoms with Crippen molar-refractivity contribution < 1.29 is 0 Å². The van der Waals surface area contributed by atoms with E-state index < -0.39 is 0 Å². The molecule has 0 bridgehead atoms. The summed E-state index contributed by atoms with van der Waals surface area (Å²) in [4.78, 5) is 0. The molecule has 2 nitrogen and oxygen atoms in total. The maximum Gasteiger partial charge on any atom is 0.0454 e. The highest BCUT2D eigenvalue weighted by molar-refractivity contribution is 4.53. The van der Waals surface area contributed by atoms with Gasteiger partial charge >= 0.3 is 0 Å². The van der Waals surface area contributed by atoms with Gasteiger partial charge in [-0.15, -0.1) is 0 Å². The Balaban J connectivity index is 2.01. The largest absolute Gasteiger partial charge is 0.304 e. The van der Waals surface area contributed by atoms with Crippen LogP contribution < -0.4 is 10.6 Å². The van der Waals surface area contributed by atoms with E-state index in [-0.39, 0.29) is 0 Å². The topological polar surface area (TPSA) is 24.1 Å². The minimum Gasteiger partial charge on any atom is -0.304 e. The molecular weight excluding hydrogens is 160 g/mol. The molecule has 78 valence electrons. The molecule has 2 N–H and O–H groups in total. The Morgan fingerprint density at radius 1 is 0.462 bits per heavy atom. The Bertz CT molecular complexity index is 56.2. The highest BCUT2D eigenvalue weighted by Gasteiger charge is 1.94. The van der Waals surface area contributed by atoms with E-state index in [9.17, 15) is 0 Å². The van der Waals surface area contributed by atoms with Crippen LogP contribution in [0.5, 0.6) is 0 Å². The Hall–Kier alpha value is -0.0800. The van der Waals surface area contributed by atoms with Crippen molar-refractivity contribution in [1.29, 1.82) is 0 Å². The van der Waals surface area contributed by atoms with Crippen molar-refractivity contribution in [3.05, 3.63) is 0 Å². The van der Waals surface area contributed by atoms with Gasteiger partial charge in [-0.05, 0) is 25.9 Å². The van der Waals surface area contributed by atoms with Gasteiger partial charge in [-0.2, -0.15) is 0 Å². The zero-order chi connectivity index (χ0) is 9.19. The van der Waals surface area contributed by atoms with E-state index in [4.69, 9.17) is 0 Å². The van der Waals surface area contributed by atoms with Crippen LogP contribution in [0.15, 0.2) is 0 Å². The fourth-order valence-electron chi connectivity index (χ4n) is 1.83. The summed E-state index contributed by atoms with van der Waals surface area (Å²) in [5.41, 5.74) is 0. The van der Waals surface area contributed by atoms with Crippen LogP contribution in [-0.2, 0) is 0 Å². The Kier molecular flexibility index (Phi) is 7.20. The molecule has 0 spiro atoms. The van der Waals surface area contributed by atoms with Crippen LogP contribution in [0.1, 0.15) is 51.4 Å². The summed E-state index contributed by atoms with van der Waals surface area (Å²) in [5, 5.41) is 6.82. The molecule has 0 unspecified atom stereocenters. The van der Waals surface area contributed by atoms with E-state index in [2.05, 4.69) is 10.6 Å². The first-order valence-electron chi connectivity index (χ1n) is 5.91. The van der Waals surface area contributed by atoms with Crippen LogP contribution >= 0.6 is 0 Å². The number of rotatable bonds is 0. The second kappa shape index (κ2) is 8.52. The van der Waals surface area contributed by atoms with Gasteiger partial charge in [0.25, 0.3) is 0 Å². The molecule has 0 saturated carbocycles. The second-order valence-corrected chi connectivity index (χ2v) is 4.01. The molecule has 0 atom stereocenters. The molecular formula is C11H24N2. The van der Waals surface area contributed by atoms with Gasteiger partial charge < -0.3 is 10.6 Å². The minimum absolute atomic E-state index is 1.00. The number of hydrogen-bond donors (Lipinski definition) is 2. The third-order valence-corrected chi connectivity index (χ3v) is 2.71. The summed E-state index contributed by atoms with van der Waals surface area (Å²) < 4.78 is 0. The van der Waals surface area contributed by atoms with Crippen LogP contribution in [0, 0.1) is 0 Å². The SMILES string of the molecule is C1CCCCCNCNCCCC1. The molecule has 1 aliphatic rings. The predicted molar refractivity (Wildman–Crippen MR) is 57.8 cm³/mol. The summed E-state index contributed by atoms with van der Waals surface area (Å²) in [6.45, 7) is 3.38. The highest BCUT2D eigenvalue weighted by atomic mass is 15.0. The van der Waals surface area contributed by atoms with Gasteiger partial charge in [-0.3, -0.25) is 0 Å². The molecule has 13 heavy (non-hydrogen) atoms. The first-order valence-corrected chi connectivity index (χ1v) is 5.91. The van der Waals surface area contributed by atoms with Gasteiger partial charge in [0, 0.05) is 6.67 Å². The van der Waals surface area contributed by atoms with Crippen molar-refractivity contribution >= 4 is 0 Å². The average Bonchev–Trinajstić information content (AvgIpc) is 2.18. The molecule has 2 heteroatoms. The van der Waals surface area contributed by atoms with Crippen molar-refractivity contribution in [2.45, 2.75) is 51.4 Å². The molecule has 0 radical (unpaired) electrons. The summed E-state index contributed by atoms with van der Waals surface area (Å²) in [7, 11) is 0. The quantitative estimate of drug-likeness (QED) is 0.603. The maximum absolute atomic E-state index is 3.41. The van der Waals surface area contributed by atoms with Crippen molar-refractivity contribution in [2.24, 2.45) is 0 Å². The molecule has 0 aliphatic carbocycles. The predicted octanol–water partition coefficient (Wildman–Crippen LogP) is 2.26. The second-order valence-electron chi connectivity index (χ2n) is 4.01. The number of hydrogen-bond acceptors (Lipinski definition) is 2. The van der Waals surface area contributed by atoms with E-state index in [0.29, 0.717) is 0 Å². The summed E-state index contributed by atoms with van der Waals surface area (Å²) >= 11 is 0. The van der Waals surface area contributed by atoms with Gasteiger partial charge in [-0.25, -0.2) is 0 Å². The molecule has 0 aromatic carbocycles. The highest BCUT2D eigenvalue weighted by Crippen LogP contribution is 2.08. The Labute approximate surface area is 82.5 Å². The smallest absolute Gasteiger partial charge is 0.0454 e. The van der Waals surface area contributed by atoms with E-state index in [1.165, 1.54) is 64.5 Å². The van der Waals surface area contributed by atoms with Crippen molar-refractivity contribution in [2.75, 3.05) is 19.8 Å². The standard InChI is InChI=1S/C11H24N2/c1-2-4-6-8-10-13-11-12-9-7-5-3-1/h12-13H,1-11H2. The first kappa shape index (κ1) is 11.0. The normalized spacial score (nSPS) is 24.0. The lowest BCUT2D eigenvalue weighted by atomic mass is 10.1. The van der Waals surface area contributed by atoms with Crippen LogP contribution in [0.2, 0.25) is 0 Å². The van der Waals surface area contributed by atoms with Gasteiger partial charge in [0.05, 0.1) is 0 Å². The summed E-state index contributed by atoms with van der Waals surface area (Å²) in [5.74, 6) is 0. The van der Waals surface area contributed by atoms with E-state index in [1.807, 2.05) is 0 Å². The lowest BCUT2D eigenvalue weighted by Crippen LogP contribution is -2.30. The first-order chi connectivity index (χ1) is 6.50. The molecule has 0 amide bonds. The zero-order valence-corrected chi connectivity index (χ0v) is 8.78. The van der Waals surface area contributed by atoms with Crippen LogP contribution in [0.25, 0.3) is 0 Å². The molecule has 1 fully saturated rings. The Morgan fingerprint density at radius 2 is 0.846 bits per heavy atom.